The zero-order chi connectivity index (χ0) is 19.4. The standard InChI is InChI=1S/C20H24O6/c1-11(2)10-16(22)26-19(12(3)4)18(23)17-14(24-5)8-6-13-7-9-15(21)25-20(13)17/h6-9,11,18-19,23H,3,10H2,1-2,4-5H3/t18-,19+/m1/s1. The second kappa shape index (κ2) is 8.19. The third-order valence-corrected chi connectivity index (χ3v) is 3.91. The van der Waals surface area contributed by atoms with Crippen molar-refractivity contribution in [1.29, 1.82) is 0 Å². The molecule has 140 valence electrons. The van der Waals surface area contributed by atoms with Gasteiger partial charge in [0.2, 0.25) is 0 Å². The highest BCUT2D eigenvalue weighted by Crippen LogP contribution is 2.36. The molecule has 0 saturated carbocycles. The molecule has 0 aliphatic rings. The van der Waals surface area contributed by atoms with E-state index in [4.69, 9.17) is 13.9 Å². The Kier molecular flexibility index (Phi) is 6.21. The van der Waals surface area contributed by atoms with Crippen molar-refractivity contribution in [2.75, 3.05) is 7.11 Å². The Labute approximate surface area is 152 Å². The lowest BCUT2D eigenvalue weighted by atomic mass is 9.96. The summed E-state index contributed by atoms with van der Waals surface area (Å²) in [7, 11) is 1.44. The van der Waals surface area contributed by atoms with Gasteiger partial charge in [-0.1, -0.05) is 20.4 Å². The van der Waals surface area contributed by atoms with E-state index < -0.39 is 23.8 Å². The first-order valence-corrected chi connectivity index (χ1v) is 8.38. The molecule has 1 heterocycles. The number of aliphatic hydroxyl groups excluding tert-OH is 1. The van der Waals surface area contributed by atoms with E-state index in [-0.39, 0.29) is 23.5 Å². The molecule has 0 spiro atoms. The van der Waals surface area contributed by atoms with Crippen LogP contribution in [-0.4, -0.2) is 24.3 Å². The summed E-state index contributed by atoms with van der Waals surface area (Å²) in [5, 5.41) is 11.6. The highest BCUT2D eigenvalue weighted by atomic mass is 16.6. The molecule has 2 atom stereocenters. The zero-order valence-corrected chi connectivity index (χ0v) is 15.4. The van der Waals surface area contributed by atoms with E-state index in [1.165, 1.54) is 13.2 Å². The lowest BCUT2D eigenvalue weighted by Gasteiger charge is -2.25. The van der Waals surface area contributed by atoms with Gasteiger partial charge in [-0.2, -0.15) is 0 Å². The summed E-state index contributed by atoms with van der Waals surface area (Å²) >= 11 is 0. The summed E-state index contributed by atoms with van der Waals surface area (Å²) in [6.45, 7) is 9.27. The maximum absolute atomic E-state index is 12.1. The minimum Gasteiger partial charge on any atom is -0.496 e. The van der Waals surface area contributed by atoms with E-state index in [0.717, 1.165) is 0 Å². The van der Waals surface area contributed by atoms with Gasteiger partial charge >= 0.3 is 11.6 Å². The van der Waals surface area contributed by atoms with Crippen LogP contribution in [0.5, 0.6) is 5.75 Å². The van der Waals surface area contributed by atoms with E-state index >= 15 is 0 Å². The average Bonchev–Trinajstić information content (AvgIpc) is 2.57. The molecule has 0 aliphatic heterocycles. The van der Waals surface area contributed by atoms with E-state index in [2.05, 4.69) is 6.58 Å². The molecule has 2 rings (SSSR count). The fourth-order valence-corrected chi connectivity index (χ4v) is 2.70. The molecule has 1 aromatic heterocycles. The Hall–Kier alpha value is -2.60. The normalized spacial score (nSPS) is 13.5. The molecular formula is C20H24O6. The Morgan fingerprint density at radius 2 is 1.92 bits per heavy atom. The molecule has 6 heteroatoms. The van der Waals surface area contributed by atoms with Crippen molar-refractivity contribution in [2.24, 2.45) is 5.92 Å². The summed E-state index contributed by atoms with van der Waals surface area (Å²) in [6, 6.07) is 6.27. The van der Waals surface area contributed by atoms with Crippen LogP contribution in [0.4, 0.5) is 0 Å². The Balaban J connectivity index is 2.52. The van der Waals surface area contributed by atoms with Crippen LogP contribution >= 0.6 is 0 Å². The number of fused-ring (bicyclic) bond motifs is 1. The maximum Gasteiger partial charge on any atom is 0.336 e. The second-order valence-electron chi connectivity index (χ2n) is 6.65. The Bertz CT molecular complexity index is 864. The average molecular weight is 360 g/mol. The number of aliphatic hydroxyl groups is 1. The third-order valence-electron chi connectivity index (χ3n) is 3.91. The van der Waals surface area contributed by atoms with Gasteiger partial charge in [-0.15, -0.1) is 0 Å². The van der Waals surface area contributed by atoms with Gasteiger partial charge in [-0.05, 0) is 36.6 Å². The van der Waals surface area contributed by atoms with Crippen molar-refractivity contribution in [3.8, 4) is 5.75 Å². The van der Waals surface area contributed by atoms with Gasteiger partial charge < -0.3 is 19.0 Å². The zero-order valence-electron chi connectivity index (χ0n) is 15.4. The van der Waals surface area contributed by atoms with Gasteiger partial charge in [0.05, 0.1) is 12.7 Å². The monoisotopic (exact) mass is 360 g/mol. The first-order chi connectivity index (χ1) is 12.2. The molecule has 0 radical (unpaired) electrons. The van der Waals surface area contributed by atoms with Crippen molar-refractivity contribution < 1.29 is 23.8 Å². The molecule has 0 saturated heterocycles. The summed E-state index contributed by atoms with van der Waals surface area (Å²) in [4.78, 5) is 23.8. The maximum atomic E-state index is 12.1. The third kappa shape index (κ3) is 4.32. The first-order valence-electron chi connectivity index (χ1n) is 8.38. The largest absolute Gasteiger partial charge is 0.496 e. The molecule has 1 N–H and O–H groups in total. The molecule has 2 aromatic rings. The number of carbonyl (C=O) groups is 1. The molecule has 0 amide bonds. The number of esters is 1. The number of benzene rings is 1. The minimum absolute atomic E-state index is 0.121. The molecule has 6 nitrogen and oxygen atoms in total. The SMILES string of the molecule is C=C(C)[C@H](OC(=O)CC(C)C)[C@H](O)c1c(OC)ccc2ccc(=O)oc12. The van der Waals surface area contributed by atoms with E-state index in [0.29, 0.717) is 16.7 Å². The van der Waals surface area contributed by atoms with Crippen LogP contribution < -0.4 is 10.4 Å². The van der Waals surface area contributed by atoms with Crippen molar-refractivity contribution >= 4 is 16.9 Å². The highest BCUT2D eigenvalue weighted by Gasteiger charge is 2.31. The molecular weight excluding hydrogens is 336 g/mol. The van der Waals surface area contributed by atoms with Crippen molar-refractivity contribution in [2.45, 2.75) is 39.4 Å². The van der Waals surface area contributed by atoms with Crippen LogP contribution in [0.1, 0.15) is 38.9 Å². The number of carbonyl (C=O) groups excluding carboxylic acids is 1. The Morgan fingerprint density at radius 3 is 2.50 bits per heavy atom. The lowest BCUT2D eigenvalue weighted by Crippen LogP contribution is -2.27. The van der Waals surface area contributed by atoms with Crippen molar-refractivity contribution in [3.63, 3.8) is 0 Å². The summed E-state index contributed by atoms with van der Waals surface area (Å²) in [6.07, 6.45) is -2.07. The fourth-order valence-electron chi connectivity index (χ4n) is 2.70. The van der Waals surface area contributed by atoms with Gasteiger partial charge in [0, 0.05) is 17.9 Å². The lowest BCUT2D eigenvalue weighted by molar-refractivity contribution is -0.153. The van der Waals surface area contributed by atoms with E-state index in [9.17, 15) is 14.7 Å². The number of hydrogen-bond donors (Lipinski definition) is 1. The van der Waals surface area contributed by atoms with E-state index in [1.807, 2.05) is 13.8 Å². The predicted molar refractivity (Wildman–Crippen MR) is 98.1 cm³/mol. The predicted octanol–water partition coefficient (Wildman–Crippen LogP) is 3.37. The number of rotatable bonds is 7. The number of ether oxygens (including phenoxy) is 2. The number of methoxy groups -OCH3 is 1. The van der Waals surface area contributed by atoms with Gasteiger partial charge in [0.25, 0.3) is 0 Å². The van der Waals surface area contributed by atoms with Crippen LogP contribution in [0.15, 0.2) is 45.6 Å². The molecule has 26 heavy (non-hydrogen) atoms. The van der Waals surface area contributed by atoms with Gasteiger partial charge in [-0.3, -0.25) is 4.79 Å². The second-order valence-corrected chi connectivity index (χ2v) is 6.65. The Morgan fingerprint density at radius 1 is 1.27 bits per heavy atom. The van der Waals surface area contributed by atoms with Crippen LogP contribution in [0.25, 0.3) is 11.0 Å². The van der Waals surface area contributed by atoms with Crippen LogP contribution in [0.3, 0.4) is 0 Å². The summed E-state index contributed by atoms with van der Waals surface area (Å²) in [5.41, 5.74) is 0.346. The first kappa shape index (κ1) is 19.7. The van der Waals surface area contributed by atoms with Crippen LogP contribution in [-0.2, 0) is 9.53 Å². The van der Waals surface area contributed by atoms with Crippen LogP contribution in [0, 0.1) is 5.92 Å². The highest BCUT2D eigenvalue weighted by molar-refractivity contribution is 5.82. The summed E-state index contributed by atoms with van der Waals surface area (Å²) < 4.78 is 16.1. The molecule has 1 aromatic carbocycles. The van der Waals surface area contributed by atoms with Crippen molar-refractivity contribution in [1.82, 2.24) is 0 Å². The molecule has 0 unspecified atom stereocenters. The minimum atomic E-state index is -1.30. The van der Waals surface area contributed by atoms with Crippen molar-refractivity contribution in [3.05, 3.63) is 52.4 Å². The smallest absolute Gasteiger partial charge is 0.336 e. The molecule has 0 aliphatic carbocycles. The van der Waals surface area contributed by atoms with Gasteiger partial charge in [0.15, 0.2) is 6.10 Å². The topological polar surface area (TPSA) is 86.0 Å². The van der Waals surface area contributed by atoms with Crippen LogP contribution in [0.2, 0.25) is 0 Å². The van der Waals surface area contributed by atoms with Gasteiger partial charge in [-0.25, -0.2) is 4.79 Å². The molecule has 0 bridgehead atoms. The fraction of sp³-hybridized carbons (Fsp3) is 0.400. The van der Waals surface area contributed by atoms with Gasteiger partial charge in [0.1, 0.15) is 17.4 Å². The molecule has 0 fully saturated rings. The van der Waals surface area contributed by atoms with E-state index in [1.54, 1.807) is 25.1 Å². The quantitative estimate of drug-likeness (QED) is 0.463. The summed E-state index contributed by atoms with van der Waals surface area (Å²) in [5.74, 6) is 0.00809. The number of hydrogen-bond acceptors (Lipinski definition) is 6.